The van der Waals surface area contributed by atoms with Gasteiger partial charge in [-0.25, -0.2) is 4.79 Å². The van der Waals surface area contributed by atoms with E-state index in [1.54, 1.807) is 36.3 Å². The average Bonchev–Trinajstić information content (AvgIpc) is 2.86. The van der Waals surface area contributed by atoms with Crippen LogP contribution in [-0.2, 0) is 0 Å². The summed E-state index contributed by atoms with van der Waals surface area (Å²) in [7, 11) is 1.57. The number of imide groups is 1. The second kappa shape index (κ2) is 10.1. The maximum absolute atomic E-state index is 12.7. The minimum atomic E-state index is -0.411. The molecule has 0 aliphatic carbocycles. The molecule has 0 unspecified atom stereocenters. The van der Waals surface area contributed by atoms with Crippen molar-refractivity contribution >= 4 is 11.9 Å². The number of carbonyl (C=O) groups excluding carboxylic acids is 2. The van der Waals surface area contributed by atoms with Crippen molar-refractivity contribution in [2.45, 2.75) is 6.04 Å². The molecule has 1 heterocycles. The Hall–Kier alpha value is -3.64. The van der Waals surface area contributed by atoms with Crippen molar-refractivity contribution in [1.82, 2.24) is 15.1 Å². The van der Waals surface area contributed by atoms with Gasteiger partial charge in [0.25, 0.3) is 5.91 Å². The lowest BCUT2D eigenvalue weighted by atomic mass is 9.96. The summed E-state index contributed by atoms with van der Waals surface area (Å²) in [5.74, 6) is 0.252. The minimum absolute atomic E-state index is 0.128. The van der Waals surface area contributed by atoms with E-state index >= 15 is 0 Å². The molecule has 6 nitrogen and oxygen atoms in total. The summed E-state index contributed by atoms with van der Waals surface area (Å²) in [6.07, 6.45) is 0. The van der Waals surface area contributed by atoms with Crippen LogP contribution < -0.4 is 10.1 Å². The van der Waals surface area contributed by atoms with Crippen molar-refractivity contribution < 1.29 is 14.3 Å². The Morgan fingerprint density at radius 2 is 1.31 bits per heavy atom. The number of hydrogen-bond donors (Lipinski definition) is 1. The van der Waals surface area contributed by atoms with Gasteiger partial charge in [0.15, 0.2) is 0 Å². The van der Waals surface area contributed by atoms with Crippen LogP contribution in [0.25, 0.3) is 0 Å². The fourth-order valence-electron chi connectivity index (χ4n) is 4.06. The van der Waals surface area contributed by atoms with Crippen LogP contribution in [0.4, 0.5) is 4.79 Å². The second-order valence-electron chi connectivity index (χ2n) is 7.73. The molecule has 0 saturated carbocycles. The van der Waals surface area contributed by atoms with Crippen molar-refractivity contribution in [3.8, 4) is 5.75 Å². The number of carbonyl (C=O) groups is 2. The Morgan fingerprint density at radius 3 is 1.81 bits per heavy atom. The van der Waals surface area contributed by atoms with E-state index < -0.39 is 5.91 Å². The fourth-order valence-corrected chi connectivity index (χ4v) is 4.06. The quantitative estimate of drug-likeness (QED) is 0.667. The normalized spacial score (nSPS) is 14.2. The lowest BCUT2D eigenvalue weighted by Crippen LogP contribution is -2.53. The van der Waals surface area contributed by atoms with Crippen LogP contribution in [0.2, 0.25) is 0 Å². The number of urea groups is 1. The molecular weight excluding hydrogens is 402 g/mol. The topological polar surface area (TPSA) is 61.9 Å². The predicted octanol–water partition coefficient (Wildman–Crippen LogP) is 3.95. The molecule has 32 heavy (non-hydrogen) atoms. The summed E-state index contributed by atoms with van der Waals surface area (Å²) < 4.78 is 5.11. The van der Waals surface area contributed by atoms with E-state index in [1.165, 1.54) is 11.1 Å². The molecule has 6 heteroatoms. The van der Waals surface area contributed by atoms with Crippen LogP contribution in [0.5, 0.6) is 5.75 Å². The van der Waals surface area contributed by atoms with Crippen LogP contribution in [0, 0.1) is 0 Å². The first-order valence-corrected chi connectivity index (χ1v) is 10.7. The highest BCUT2D eigenvalue weighted by atomic mass is 16.5. The summed E-state index contributed by atoms with van der Waals surface area (Å²) in [6.45, 7) is 2.55. The maximum atomic E-state index is 12.7. The monoisotopic (exact) mass is 429 g/mol. The number of rotatable bonds is 5. The second-order valence-corrected chi connectivity index (χ2v) is 7.73. The molecule has 3 aromatic carbocycles. The van der Waals surface area contributed by atoms with Crippen molar-refractivity contribution in [1.29, 1.82) is 0 Å². The van der Waals surface area contributed by atoms with E-state index in [4.69, 9.17) is 4.74 Å². The SMILES string of the molecule is COc1ccc(C(=O)NC(=O)N2CCN(C(c3ccccc3)c3ccccc3)CC2)cc1. The summed E-state index contributed by atoms with van der Waals surface area (Å²) in [5, 5.41) is 2.50. The fraction of sp³-hybridized carbons (Fsp3) is 0.231. The summed E-state index contributed by atoms with van der Waals surface area (Å²) in [6, 6.07) is 27.3. The molecule has 3 aromatic rings. The smallest absolute Gasteiger partial charge is 0.324 e. The Balaban J connectivity index is 1.39. The van der Waals surface area contributed by atoms with Crippen molar-refractivity contribution in [3.05, 3.63) is 102 Å². The zero-order valence-electron chi connectivity index (χ0n) is 18.1. The molecule has 0 bridgehead atoms. The molecule has 1 aliphatic heterocycles. The van der Waals surface area contributed by atoms with Crippen LogP contribution in [-0.4, -0.2) is 55.0 Å². The van der Waals surface area contributed by atoms with Crippen LogP contribution in [0.1, 0.15) is 27.5 Å². The Bertz CT molecular complexity index is 991. The number of methoxy groups -OCH3 is 1. The summed E-state index contributed by atoms with van der Waals surface area (Å²) in [5.41, 5.74) is 2.88. The van der Waals surface area contributed by atoms with Gasteiger partial charge < -0.3 is 9.64 Å². The average molecular weight is 430 g/mol. The molecular formula is C26H27N3O3. The molecule has 0 radical (unpaired) electrons. The van der Waals surface area contributed by atoms with Crippen molar-refractivity contribution in [2.75, 3.05) is 33.3 Å². The lowest BCUT2D eigenvalue weighted by Gasteiger charge is -2.39. The first-order valence-electron chi connectivity index (χ1n) is 10.7. The van der Waals surface area contributed by atoms with Gasteiger partial charge in [-0.15, -0.1) is 0 Å². The van der Waals surface area contributed by atoms with Crippen molar-refractivity contribution in [3.63, 3.8) is 0 Å². The van der Waals surface area contributed by atoms with Crippen LogP contribution >= 0.6 is 0 Å². The Labute approximate surface area is 188 Å². The van der Waals surface area contributed by atoms with E-state index in [0.717, 1.165) is 13.1 Å². The zero-order valence-corrected chi connectivity index (χ0v) is 18.1. The highest BCUT2D eigenvalue weighted by molar-refractivity contribution is 6.04. The molecule has 0 spiro atoms. The Morgan fingerprint density at radius 1 is 0.781 bits per heavy atom. The third kappa shape index (κ3) is 4.98. The Kier molecular flexibility index (Phi) is 6.82. The van der Waals surface area contributed by atoms with E-state index in [2.05, 4.69) is 58.7 Å². The number of nitrogens with zero attached hydrogens (tertiary/aromatic N) is 2. The molecule has 4 rings (SSSR count). The van der Waals surface area contributed by atoms with E-state index in [1.807, 2.05) is 12.1 Å². The first-order chi connectivity index (χ1) is 15.7. The molecule has 1 saturated heterocycles. The molecule has 0 aromatic heterocycles. The van der Waals surface area contributed by atoms with Gasteiger partial charge >= 0.3 is 6.03 Å². The summed E-state index contributed by atoms with van der Waals surface area (Å²) in [4.78, 5) is 29.2. The molecule has 164 valence electrons. The van der Waals surface area contributed by atoms with Gasteiger partial charge in [-0.2, -0.15) is 0 Å². The van der Waals surface area contributed by atoms with Gasteiger partial charge in [-0.05, 0) is 35.4 Å². The number of benzene rings is 3. The molecule has 1 N–H and O–H groups in total. The van der Waals surface area contributed by atoms with Gasteiger partial charge in [-0.3, -0.25) is 15.0 Å². The standard InChI is InChI=1S/C26H27N3O3/c1-32-23-14-12-22(13-15-23)25(30)27-26(31)29-18-16-28(17-19-29)24(20-8-4-2-5-9-20)21-10-6-3-7-11-21/h2-15,24H,16-19H2,1H3,(H,27,30,31). The third-order valence-corrected chi connectivity index (χ3v) is 5.77. The molecule has 1 fully saturated rings. The minimum Gasteiger partial charge on any atom is -0.497 e. The number of ether oxygens (including phenoxy) is 1. The third-order valence-electron chi connectivity index (χ3n) is 5.77. The molecule has 3 amide bonds. The van der Waals surface area contributed by atoms with Gasteiger partial charge in [-0.1, -0.05) is 60.7 Å². The van der Waals surface area contributed by atoms with Crippen LogP contribution in [0.15, 0.2) is 84.9 Å². The zero-order chi connectivity index (χ0) is 22.3. The highest BCUT2D eigenvalue weighted by Crippen LogP contribution is 2.29. The predicted molar refractivity (Wildman–Crippen MR) is 124 cm³/mol. The van der Waals surface area contributed by atoms with E-state index in [9.17, 15) is 9.59 Å². The molecule has 0 atom stereocenters. The van der Waals surface area contributed by atoms with Gasteiger partial charge in [0, 0.05) is 31.7 Å². The molecule has 1 aliphatic rings. The largest absolute Gasteiger partial charge is 0.497 e. The van der Waals surface area contributed by atoms with Gasteiger partial charge in [0.2, 0.25) is 0 Å². The number of hydrogen-bond acceptors (Lipinski definition) is 4. The lowest BCUT2D eigenvalue weighted by molar-refractivity contribution is 0.0921. The highest BCUT2D eigenvalue weighted by Gasteiger charge is 2.28. The summed E-state index contributed by atoms with van der Waals surface area (Å²) >= 11 is 0. The van der Waals surface area contributed by atoms with Crippen LogP contribution in [0.3, 0.4) is 0 Å². The number of piperazine rings is 1. The van der Waals surface area contributed by atoms with Gasteiger partial charge in [0.1, 0.15) is 5.75 Å². The number of amides is 3. The van der Waals surface area contributed by atoms with Crippen molar-refractivity contribution in [2.24, 2.45) is 0 Å². The number of nitrogens with one attached hydrogen (secondary N) is 1. The maximum Gasteiger partial charge on any atom is 0.324 e. The van der Waals surface area contributed by atoms with E-state index in [-0.39, 0.29) is 12.1 Å². The first kappa shape index (κ1) is 21.6. The van der Waals surface area contributed by atoms with Gasteiger partial charge in [0.05, 0.1) is 13.2 Å². The van der Waals surface area contributed by atoms with E-state index in [0.29, 0.717) is 24.4 Å².